The van der Waals surface area contributed by atoms with Gasteiger partial charge in [-0.1, -0.05) is 0 Å². The molecule has 0 saturated carbocycles. The molecule has 0 spiro atoms. The quantitative estimate of drug-likeness (QED) is 0.731. The van der Waals surface area contributed by atoms with Gasteiger partial charge in [0.15, 0.2) is 0 Å². The molecule has 1 aliphatic rings. The monoisotopic (exact) mass is 384 g/mol. The molecular weight excluding hydrogens is 366 g/mol. The van der Waals surface area contributed by atoms with Gasteiger partial charge in [0, 0.05) is 47.1 Å². The van der Waals surface area contributed by atoms with Crippen LogP contribution >= 0.6 is 0 Å². The number of halogens is 2. The van der Waals surface area contributed by atoms with E-state index in [0.29, 0.717) is 0 Å². The minimum Gasteiger partial charge on any atom is -0.507 e. The minimum absolute atomic E-state index is 0.114. The smallest absolute Gasteiger partial charge is 0.133 e. The second-order valence-electron chi connectivity index (χ2n) is 6.01. The number of aromatic hydroxyl groups is 2. The fraction of sp³-hybridized carbons (Fsp3) is 0.200. The Morgan fingerprint density at radius 2 is 0.786 bits per heavy atom. The van der Waals surface area contributed by atoms with Crippen LogP contribution in [0, 0.1) is 11.6 Å². The van der Waals surface area contributed by atoms with Crippen molar-refractivity contribution in [2.45, 2.75) is 0 Å². The number of phenolic OH excluding ortho intramolecular Hbond substituents is 2. The van der Waals surface area contributed by atoms with Gasteiger partial charge >= 0.3 is 0 Å². The first-order chi connectivity index (χ1) is 13.5. The Hall–Kier alpha value is -3.42. The van der Waals surface area contributed by atoms with Crippen molar-refractivity contribution in [2.75, 3.05) is 26.2 Å². The number of aliphatic imine (C=N–C) groups is 4. The third-order valence-electron chi connectivity index (χ3n) is 3.91. The minimum atomic E-state index is -0.512. The van der Waals surface area contributed by atoms with Gasteiger partial charge in [0.25, 0.3) is 0 Å². The highest BCUT2D eigenvalue weighted by Gasteiger charge is 2.08. The lowest BCUT2D eigenvalue weighted by molar-refractivity contribution is 0.470. The van der Waals surface area contributed by atoms with E-state index in [1.165, 1.54) is 49.1 Å². The standard InChI is InChI=1S/C20H18F2N4O2/c21-17-5-13-9-23-1-2-24-10-14-6-18(22)8-16(20(14)28)12-26-4-3-25-11-15(7-17)19(13)27/h5-12,27-28H,1-4H2. The first-order valence-electron chi connectivity index (χ1n) is 8.59. The summed E-state index contributed by atoms with van der Waals surface area (Å²) >= 11 is 0. The van der Waals surface area contributed by atoms with Crippen molar-refractivity contribution in [1.29, 1.82) is 0 Å². The molecule has 0 fully saturated rings. The largest absolute Gasteiger partial charge is 0.507 e. The van der Waals surface area contributed by atoms with Gasteiger partial charge in [-0.2, -0.15) is 0 Å². The van der Waals surface area contributed by atoms with Gasteiger partial charge in [0.2, 0.25) is 0 Å². The predicted octanol–water partition coefficient (Wildman–Crippen LogP) is 2.77. The van der Waals surface area contributed by atoms with Gasteiger partial charge in [-0.25, -0.2) is 8.78 Å². The first-order valence-corrected chi connectivity index (χ1v) is 8.59. The SMILES string of the molecule is Oc1c2cc(F)cc1C=NCCN=Cc1cc(F)cc(c1O)C=NCCN=C2. The van der Waals surface area contributed by atoms with Crippen molar-refractivity contribution in [3.05, 3.63) is 58.2 Å². The zero-order valence-corrected chi connectivity index (χ0v) is 14.9. The van der Waals surface area contributed by atoms with Gasteiger partial charge in [0.1, 0.15) is 23.1 Å². The average molecular weight is 384 g/mol. The summed E-state index contributed by atoms with van der Waals surface area (Å²) in [4.78, 5) is 16.5. The van der Waals surface area contributed by atoms with Gasteiger partial charge in [-0.05, 0) is 24.3 Å². The Balaban J connectivity index is 1.92. The molecule has 0 amide bonds. The van der Waals surface area contributed by atoms with Crippen molar-refractivity contribution >= 4 is 24.9 Å². The maximum atomic E-state index is 13.8. The van der Waals surface area contributed by atoms with E-state index in [-0.39, 0.29) is 59.9 Å². The Morgan fingerprint density at radius 1 is 0.536 bits per heavy atom. The van der Waals surface area contributed by atoms with E-state index in [9.17, 15) is 19.0 Å². The van der Waals surface area contributed by atoms with E-state index in [1.54, 1.807) is 0 Å². The van der Waals surface area contributed by atoms with E-state index in [2.05, 4.69) is 20.0 Å². The summed E-state index contributed by atoms with van der Waals surface area (Å²) in [6.07, 6.45) is 5.43. The summed E-state index contributed by atoms with van der Waals surface area (Å²) in [6, 6.07) is 4.70. The Labute approximate surface area is 160 Å². The molecule has 28 heavy (non-hydrogen) atoms. The maximum absolute atomic E-state index is 13.8. The van der Waals surface area contributed by atoms with E-state index >= 15 is 0 Å². The number of fused-ring (bicyclic) bond motifs is 4. The van der Waals surface area contributed by atoms with E-state index in [1.807, 2.05) is 0 Å². The molecule has 0 saturated heterocycles. The number of hydrogen-bond donors (Lipinski definition) is 2. The van der Waals surface area contributed by atoms with Crippen molar-refractivity contribution < 1.29 is 19.0 Å². The molecule has 0 radical (unpaired) electrons. The molecule has 2 aromatic carbocycles. The lowest BCUT2D eigenvalue weighted by Gasteiger charge is -2.05. The fourth-order valence-corrected chi connectivity index (χ4v) is 2.56. The molecule has 1 heterocycles. The molecule has 8 heteroatoms. The molecule has 0 atom stereocenters. The van der Waals surface area contributed by atoms with Gasteiger partial charge in [0.05, 0.1) is 26.2 Å². The van der Waals surface area contributed by atoms with Crippen LogP contribution < -0.4 is 0 Å². The highest BCUT2D eigenvalue weighted by molar-refractivity contribution is 5.93. The Morgan fingerprint density at radius 3 is 1.04 bits per heavy atom. The number of hydrogen-bond acceptors (Lipinski definition) is 6. The molecule has 2 aromatic rings. The predicted molar refractivity (Wildman–Crippen MR) is 106 cm³/mol. The molecule has 0 unspecified atom stereocenters. The summed E-state index contributed by atoms with van der Waals surface area (Å²) < 4.78 is 27.5. The van der Waals surface area contributed by atoms with Crippen LogP contribution in [0.2, 0.25) is 0 Å². The van der Waals surface area contributed by atoms with Crippen LogP contribution in [0.5, 0.6) is 11.5 Å². The summed E-state index contributed by atoms with van der Waals surface area (Å²) in [5.74, 6) is -1.25. The van der Waals surface area contributed by atoms with Crippen molar-refractivity contribution in [1.82, 2.24) is 0 Å². The van der Waals surface area contributed by atoms with Gasteiger partial charge in [-0.15, -0.1) is 0 Å². The number of phenols is 2. The molecule has 144 valence electrons. The number of rotatable bonds is 0. The molecule has 1 aliphatic heterocycles. The average Bonchev–Trinajstić information content (AvgIpc) is 2.66. The molecule has 4 bridgehead atoms. The van der Waals surface area contributed by atoms with Crippen LogP contribution in [0.1, 0.15) is 22.3 Å². The number of benzene rings is 2. The van der Waals surface area contributed by atoms with Crippen molar-refractivity contribution in [3.8, 4) is 11.5 Å². The zero-order chi connectivity index (χ0) is 19.9. The summed E-state index contributed by atoms with van der Waals surface area (Å²) in [5.41, 5.74) is 0.933. The lowest BCUT2D eigenvalue weighted by atomic mass is 10.1. The van der Waals surface area contributed by atoms with Gasteiger partial charge < -0.3 is 10.2 Å². The summed E-state index contributed by atoms with van der Waals surface area (Å²) in [6.45, 7) is 1.06. The number of nitrogens with zero attached hydrogens (tertiary/aromatic N) is 4. The summed E-state index contributed by atoms with van der Waals surface area (Å²) in [7, 11) is 0. The topological polar surface area (TPSA) is 89.9 Å². The molecular formula is C20H18F2N4O2. The highest BCUT2D eigenvalue weighted by atomic mass is 19.1. The van der Waals surface area contributed by atoms with E-state index < -0.39 is 11.6 Å². The van der Waals surface area contributed by atoms with E-state index in [0.717, 1.165) is 0 Å². The molecule has 3 rings (SSSR count). The lowest BCUT2D eigenvalue weighted by Crippen LogP contribution is -1.97. The second kappa shape index (κ2) is 8.98. The van der Waals surface area contributed by atoms with Gasteiger partial charge in [-0.3, -0.25) is 20.0 Å². The zero-order valence-electron chi connectivity index (χ0n) is 14.9. The fourth-order valence-electron chi connectivity index (χ4n) is 2.56. The summed E-state index contributed by atoms with van der Waals surface area (Å²) in [5, 5.41) is 20.5. The molecule has 2 N–H and O–H groups in total. The van der Waals surface area contributed by atoms with Crippen LogP contribution in [0.25, 0.3) is 0 Å². The highest BCUT2D eigenvalue weighted by Crippen LogP contribution is 2.22. The Kier molecular flexibility index (Phi) is 6.21. The van der Waals surface area contributed by atoms with Crippen LogP contribution in [0.3, 0.4) is 0 Å². The molecule has 6 nitrogen and oxygen atoms in total. The van der Waals surface area contributed by atoms with Crippen LogP contribution in [-0.2, 0) is 0 Å². The third kappa shape index (κ3) is 4.85. The molecule has 0 aromatic heterocycles. The maximum Gasteiger partial charge on any atom is 0.133 e. The normalized spacial score (nSPS) is 14.6. The second-order valence-corrected chi connectivity index (χ2v) is 6.01. The van der Waals surface area contributed by atoms with Crippen LogP contribution in [0.4, 0.5) is 8.78 Å². The van der Waals surface area contributed by atoms with Crippen LogP contribution in [0.15, 0.2) is 44.2 Å². The third-order valence-corrected chi connectivity index (χ3v) is 3.91. The Bertz CT molecular complexity index is 835. The van der Waals surface area contributed by atoms with Crippen molar-refractivity contribution in [3.63, 3.8) is 0 Å². The van der Waals surface area contributed by atoms with Crippen molar-refractivity contribution in [2.24, 2.45) is 20.0 Å². The van der Waals surface area contributed by atoms with Crippen LogP contribution in [-0.4, -0.2) is 61.3 Å². The molecule has 0 aliphatic carbocycles. The van der Waals surface area contributed by atoms with E-state index in [4.69, 9.17) is 0 Å². The first kappa shape index (κ1) is 19.3.